The van der Waals surface area contributed by atoms with Gasteiger partial charge in [0.25, 0.3) is 5.91 Å². The fraction of sp³-hybridized carbons (Fsp3) is 0.562. The highest BCUT2D eigenvalue weighted by Crippen LogP contribution is 2.37. The van der Waals surface area contributed by atoms with Crippen LogP contribution < -0.4 is 9.47 Å². The van der Waals surface area contributed by atoms with Crippen molar-refractivity contribution in [3.8, 4) is 11.5 Å². The zero-order valence-electron chi connectivity index (χ0n) is 13.0. The van der Waals surface area contributed by atoms with Gasteiger partial charge < -0.3 is 14.4 Å². The van der Waals surface area contributed by atoms with Crippen molar-refractivity contribution < 1.29 is 14.3 Å². The molecule has 0 heterocycles. The molecule has 5 heteroatoms. The molecule has 0 bridgehead atoms. The number of carbonyl (C=O) groups is 1. The van der Waals surface area contributed by atoms with E-state index in [0.29, 0.717) is 34.0 Å². The lowest BCUT2D eigenvalue weighted by molar-refractivity contribution is 0.0722. The van der Waals surface area contributed by atoms with Crippen LogP contribution in [0.25, 0.3) is 0 Å². The number of methoxy groups -OCH3 is 2. The number of benzene rings is 1. The van der Waals surface area contributed by atoms with Crippen molar-refractivity contribution in [1.29, 1.82) is 0 Å². The Balaban J connectivity index is 2.31. The second-order valence-electron chi connectivity index (χ2n) is 5.78. The molecular formula is C16H22ClNO3. The molecule has 0 aromatic heterocycles. The summed E-state index contributed by atoms with van der Waals surface area (Å²) in [5.74, 6) is 1.38. The monoisotopic (exact) mass is 311 g/mol. The summed E-state index contributed by atoms with van der Waals surface area (Å²) in [6.45, 7) is 4.99. The average molecular weight is 312 g/mol. The van der Waals surface area contributed by atoms with Crippen LogP contribution in [0.1, 0.15) is 37.0 Å². The van der Waals surface area contributed by atoms with Gasteiger partial charge in [-0.15, -0.1) is 0 Å². The molecule has 0 N–H and O–H groups in total. The Hall–Kier alpha value is -1.42. The number of carbonyl (C=O) groups excluding carboxylic acids is 1. The maximum atomic E-state index is 12.8. The van der Waals surface area contributed by atoms with Crippen LogP contribution in [-0.4, -0.2) is 37.6 Å². The SMILES string of the molecule is COc1cc(C(=O)N(CC(C)C)C2CC2)cc(Cl)c1OC. The summed E-state index contributed by atoms with van der Waals surface area (Å²) in [5, 5.41) is 0.389. The van der Waals surface area contributed by atoms with Crippen LogP contribution in [-0.2, 0) is 0 Å². The predicted octanol–water partition coefficient (Wildman–Crippen LogP) is 3.62. The Morgan fingerprint density at radius 1 is 1.33 bits per heavy atom. The van der Waals surface area contributed by atoms with Gasteiger partial charge in [-0.1, -0.05) is 25.4 Å². The Morgan fingerprint density at radius 2 is 2.00 bits per heavy atom. The van der Waals surface area contributed by atoms with Crippen molar-refractivity contribution >= 4 is 17.5 Å². The normalized spacial score (nSPS) is 14.2. The van der Waals surface area contributed by atoms with Crippen molar-refractivity contribution in [3.05, 3.63) is 22.7 Å². The zero-order valence-corrected chi connectivity index (χ0v) is 13.7. The summed E-state index contributed by atoms with van der Waals surface area (Å²) < 4.78 is 10.5. The second kappa shape index (κ2) is 6.56. The molecule has 1 aliphatic carbocycles. The molecule has 2 rings (SSSR count). The summed E-state index contributed by atoms with van der Waals surface area (Å²) in [6.07, 6.45) is 2.17. The van der Waals surface area contributed by atoms with Gasteiger partial charge in [-0.3, -0.25) is 4.79 Å². The van der Waals surface area contributed by atoms with Gasteiger partial charge in [0, 0.05) is 18.2 Å². The highest BCUT2D eigenvalue weighted by molar-refractivity contribution is 6.32. The van der Waals surface area contributed by atoms with Gasteiger partial charge in [0.1, 0.15) is 0 Å². The quantitative estimate of drug-likeness (QED) is 0.805. The van der Waals surface area contributed by atoms with E-state index >= 15 is 0 Å². The van der Waals surface area contributed by atoms with Gasteiger partial charge in [0.15, 0.2) is 11.5 Å². The molecule has 4 nitrogen and oxygen atoms in total. The van der Waals surface area contributed by atoms with Crippen molar-refractivity contribution in [3.63, 3.8) is 0 Å². The van der Waals surface area contributed by atoms with Gasteiger partial charge in [-0.05, 0) is 30.9 Å². The Kier molecular flexibility index (Phi) is 4.99. The van der Waals surface area contributed by atoms with Crippen LogP contribution in [0.5, 0.6) is 11.5 Å². The first-order valence-electron chi connectivity index (χ1n) is 7.20. The molecule has 1 amide bonds. The van der Waals surface area contributed by atoms with Crippen LogP contribution in [0.4, 0.5) is 0 Å². The van der Waals surface area contributed by atoms with Crippen LogP contribution in [0.3, 0.4) is 0 Å². The van der Waals surface area contributed by atoms with E-state index in [4.69, 9.17) is 21.1 Å². The van der Waals surface area contributed by atoms with Gasteiger partial charge >= 0.3 is 0 Å². The molecule has 1 fully saturated rings. The molecule has 1 aromatic rings. The van der Waals surface area contributed by atoms with Gasteiger partial charge in [-0.25, -0.2) is 0 Å². The standard InChI is InChI=1S/C16H22ClNO3/c1-10(2)9-18(12-5-6-12)16(19)11-7-13(17)15(21-4)14(8-11)20-3/h7-8,10,12H,5-6,9H2,1-4H3. The maximum absolute atomic E-state index is 12.8. The van der Waals surface area contributed by atoms with E-state index in [9.17, 15) is 4.79 Å². The Morgan fingerprint density at radius 3 is 2.48 bits per heavy atom. The lowest BCUT2D eigenvalue weighted by Gasteiger charge is -2.25. The lowest BCUT2D eigenvalue weighted by atomic mass is 10.1. The molecule has 0 atom stereocenters. The van der Waals surface area contributed by atoms with Crippen molar-refractivity contribution in [2.24, 2.45) is 5.92 Å². The summed E-state index contributed by atoms with van der Waals surface area (Å²) in [7, 11) is 3.07. The molecular weight excluding hydrogens is 290 g/mol. The average Bonchev–Trinajstić information content (AvgIpc) is 3.27. The van der Waals surface area contributed by atoms with E-state index in [2.05, 4.69) is 13.8 Å². The van der Waals surface area contributed by atoms with Crippen LogP contribution in [0.15, 0.2) is 12.1 Å². The molecule has 0 aliphatic heterocycles. The van der Waals surface area contributed by atoms with E-state index in [1.807, 2.05) is 4.90 Å². The first kappa shape index (κ1) is 16.0. The lowest BCUT2D eigenvalue weighted by Crippen LogP contribution is -2.36. The summed E-state index contributed by atoms with van der Waals surface area (Å²) in [5.41, 5.74) is 0.546. The number of halogens is 1. The first-order valence-corrected chi connectivity index (χ1v) is 7.58. The molecule has 21 heavy (non-hydrogen) atoms. The summed E-state index contributed by atoms with van der Waals surface area (Å²) >= 11 is 6.19. The summed E-state index contributed by atoms with van der Waals surface area (Å²) in [4.78, 5) is 14.7. The molecule has 0 saturated heterocycles. The van der Waals surface area contributed by atoms with Gasteiger partial charge in [0.05, 0.1) is 19.2 Å². The number of rotatable bonds is 6. The third kappa shape index (κ3) is 3.62. The van der Waals surface area contributed by atoms with Crippen LogP contribution in [0, 0.1) is 5.92 Å². The largest absolute Gasteiger partial charge is 0.493 e. The molecule has 1 aliphatic rings. The zero-order chi connectivity index (χ0) is 15.6. The molecule has 1 aromatic carbocycles. The Labute approximate surface area is 131 Å². The van der Waals surface area contributed by atoms with E-state index in [1.54, 1.807) is 12.1 Å². The highest BCUT2D eigenvalue weighted by atomic mass is 35.5. The number of hydrogen-bond acceptors (Lipinski definition) is 3. The highest BCUT2D eigenvalue weighted by Gasteiger charge is 2.33. The topological polar surface area (TPSA) is 38.8 Å². The minimum Gasteiger partial charge on any atom is -0.493 e. The predicted molar refractivity (Wildman–Crippen MR) is 83.5 cm³/mol. The minimum atomic E-state index is 0.00838. The second-order valence-corrected chi connectivity index (χ2v) is 6.18. The Bertz CT molecular complexity index is 526. The van der Waals surface area contributed by atoms with E-state index < -0.39 is 0 Å². The van der Waals surface area contributed by atoms with Crippen LogP contribution in [0.2, 0.25) is 5.02 Å². The van der Waals surface area contributed by atoms with Gasteiger partial charge in [-0.2, -0.15) is 0 Å². The van der Waals surface area contributed by atoms with Crippen molar-refractivity contribution in [2.75, 3.05) is 20.8 Å². The molecule has 116 valence electrons. The van der Waals surface area contributed by atoms with Crippen LogP contribution >= 0.6 is 11.6 Å². The molecule has 0 unspecified atom stereocenters. The summed E-state index contributed by atoms with van der Waals surface area (Å²) in [6, 6.07) is 3.72. The third-order valence-corrected chi connectivity index (χ3v) is 3.77. The van der Waals surface area contributed by atoms with Crippen molar-refractivity contribution in [1.82, 2.24) is 4.90 Å². The first-order chi connectivity index (χ1) is 9.97. The third-order valence-electron chi connectivity index (χ3n) is 3.49. The van der Waals surface area contributed by atoms with E-state index in [0.717, 1.165) is 19.4 Å². The van der Waals surface area contributed by atoms with E-state index in [-0.39, 0.29) is 5.91 Å². The minimum absolute atomic E-state index is 0.00838. The number of ether oxygens (including phenoxy) is 2. The smallest absolute Gasteiger partial charge is 0.254 e. The molecule has 0 radical (unpaired) electrons. The molecule has 0 spiro atoms. The fourth-order valence-electron chi connectivity index (χ4n) is 2.38. The molecule has 1 saturated carbocycles. The number of nitrogens with zero attached hydrogens (tertiary/aromatic N) is 1. The van der Waals surface area contributed by atoms with Crippen molar-refractivity contribution in [2.45, 2.75) is 32.7 Å². The number of hydrogen-bond donors (Lipinski definition) is 0. The van der Waals surface area contributed by atoms with Gasteiger partial charge in [0.2, 0.25) is 0 Å². The van der Waals surface area contributed by atoms with E-state index in [1.165, 1.54) is 14.2 Å². The maximum Gasteiger partial charge on any atom is 0.254 e. The fourth-order valence-corrected chi connectivity index (χ4v) is 2.67. The number of amides is 1.